The van der Waals surface area contributed by atoms with E-state index in [9.17, 15) is 4.79 Å². The molecule has 1 aromatic heterocycles. The number of para-hydroxylation sites is 1. The normalized spacial score (nSPS) is 16.4. The van der Waals surface area contributed by atoms with Gasteiger partial charge in [-0.1, -0.05) is 36.0 Å². The molecule has 0 aliphatic heterocycles. The summed E-state index contributed by atoms with van der Waals surface area (Å²) in [5.41, 5.74) is 4.67. The number of benzene rings is 2. The molecule has 6 heteroatoms. The van der Waals surface area contributed by atoms with Crippen LogP contribution in [0, 0.1) is 0 Å². The zero-order chi connectivity index (χ0) is 19.8. The number of nitrogens with zero attached hydrogens (tertiary/aromatic N) is 3. The summed E-state index contributed by atoms with van der Waals surface area (Å²) in [6.07, 6.45) is 5.77. The fourth-order valence-corrected chi connectivity index (χ4v) is 4.58. The van der Waals surface area contributed by atoms with Gasteiger partial charge < -0.3 is 5.32 Å². The maximum atomic E-state index is 12.7. The van der Waals surface area contributed by atoms with Gasteiger partial charge in [-0.25, -0.2) is 9.67 Å². The van der Waals surface area contributed by atoms with Gasteiger partial charge in [0.05, 0.1) is 10.9 Å². The third kappa shape index (κ3) is 3.94. The van der Waals surface area contributed by atoms with Crippen molar-refractivity contribution in [3.63, 3.8) is 0 Å². The van der Waals surface area contributed by atoms with E-state index in [0.29, 0.717) is 11.1 Å². The van der Waals surface area contributed by atoms with Gasteiger partial charge in [0.15, 0.2) is 0 Å². The number of fused-ring (bicyclic) bond motifs is 1. The van der Waals surface area contributed by atoms with Crippen LogP contribution in [0.25, 0.3) is 5.69 Å². The molecule has 1 fully saturated rings. The van der Waals surface area contributed by atoms with E-state index in [2.05, 4.69) is 17.4 Å². The van der Waals surface area contributed by atoms with E-state index >= 15 is 0 Å². The Morgan fingerprint density at radius 1 is 1.14 bits per heavy atom. The van der Waals surface area contributed by atoms with Crippen LogP contribution < -0.4 is 5.32 Å². The predicted molar refractivity (Wildman–Crippen MR) is 116 cm³/mol. The molecule has 0 radical (unpaired) electrons. The lowest BCUT2D eigenvalue weighted by Crippen LogP contribution is -2.22. The lowest BCUT2D eigenvalue weighted by atomic mass is 10.1. The van der Waals surface area contributed by atoms with Gasteiger partial charge in [-0.2, -0.15) is 0 Å². The molecule has 0 bridgehead atoms. The van der Waals surface area contributed by atoms with Crippen molar-refractivity contribution < 1.29 is 4.79 Å². The highest BCUT2D eigenvalue weighted by Crippen LogP contribution is 2.40. The van der Waals surface area contributed by atoms with Crippen molar-refractivity contribution in [2.75, 3.05) is 5.32 Å². The molecule has 2 aromatic carbocycles. The molecule has 5 nitrogen and oxygen atoms in total. The summed E-state index contributed by atoms with van der Waals surface area (Å²) >= 11 is 1.42. The standard InChI is InChI=1S/C23H24N4OS/c1-15(22(28)24-19-13-12-16-6-5-7-18(16)14-19)29-23-25-21(17-10-11-17)27(26-23)20-8-3-2-4-9-20/h2-4,8-9,12-15,17H,5-7,10-11H2,1H3,(H,24,28). The molecule has 29 heavy (non-hydrogen) atoms. The molecule has 1 N–H and O–H groups in total. The number of anilines is 1. The van der Waals surface area contributed by atoms with E-state index in [4.69, 9.17) is 10.1 Å². The van der Waals surface area contributed by atoms with Crippen molar-refractivity contribution in [1.82, 2.24) is 14.8 Å². The second-order valence-corrected chi connectivity index (χ2v) is 9.17. The average Bonchev–Trinajstić information content (AvgIpc) is 3.33. The van der Waals surface area contributed by atoms with Crippen LogP contribution in [-0.2, 0) is 17.6 Å². The van der Waals surface area contributed by atoms with E-state index in [1.165, 1.54) is 29.3 Å². The molecule has 1 atom stereocenters. The van der Waals surface area contributed by atoms with Gasteiger partial charge in [-0.3, -0.25) is 4.79 Å². The lowest BCUT2D eigenvalue weighted by Gasteiger charge is -2.11. The summed E-state index contributed by atoms with van der Waals surface area (Å²) in [5.74, 6) is 1.47. The number of rotatable bonds is 6. The first-order chi connectivity index (χ1) is 14.2. The maximum Gasteiger partial charge on any atom is 0.237 e. The molecule has 2 aliphatic carbocycles. The summed E-state index contributed by atoms with van der Waals surface area (Å²) in [7, 11) is 0. The minimum Gasteiger partial charge on any atom is -0.325 e. The second kappa shape index (κ2) is 7.67. The summed E-state index contributed by atoms with van der Waals surface area (Å²) in [5, 5.41) is 8.15. The van der Waals surface area contributed by atoms with Crippen molar-refractivity contribution >= 4 is 23.4 Å². The van der Waals surface area contributed by atoms with Crippen LogP contribution in [0.15, 0.2) is 53.7 Å². The van der Waals surface area contributed by atoms with Crippen LogP contribution in [0.4, 0.5) is 5.69 Å². The van der Waals surface area contributed by atoms with Gasteiger partial charge in [0.25, 0.3) is 0 Å². The van der Waals surface area contributed by atoms with Crippen molar-refractivity contribution in [1.29, 1.82) is 0 Å². The summed E-state index contributed by atoms with van der Waals surface area (Å²) < 4.78 is 1.94. The molecule has 1 heterocycles. The molecule has 5 rings (SSSR count). The zero-order valence-corrected chi connectivity index (χ0v) is 17.3. The molecule has 1 amide bonds. The number of aromatic nitrogens is 3. The van der Waals surface area contributed by atoms with E-state index in [1.54, 1.807) is 0 Å². The third-order valence-corrected chi connectivity index (χ3v) is 6.52. The van der Waals surface area contributed by atoms with E-state index in [0.717, 1.165) is 42.9 Å². The summed E-state index contributed by atoms with van der Waals surface area (Å²) in [6, 6.07) is 16.4. The fraction of sp³-hybridized carbons (Fsp3) is 0.348. The number of hydrogen-bond donors (Lipinski definition) is 1. The van der Waals surface area contributed by atoms with E-state index in [-0.39, 0.29) is 11.2 Å². The van der Waals surface area contributed by atoms with Gasteiger partial charge in [0.1, 0.15) is 5.82 Å². The largest absolute Gasteiger partial charge is 0.325 e. The van der Waals surface area contributed by atoms with Gasteiger partial charge in [-0.05, 0) is 74.4 Å². The first kappa shape index (κ1) is 18.4. The molecule has 0 saturated heterocycles. The lowest BCUT2D eigenvalue weighted by molar-refractivity contribution is -0.115. The molecule has 1 unspecified atom stereocenters. The Kier molecular flexibility index (Phi) is 4.87. The van der Waals surface area contributed by atoms with Gasteiger partial charge in [0, 0.05) is 11.6 Å². The van der Waals surface area contributed by atoms with Crippen LogP contribution in [0.5, 0.6) is 0 Å². The first-order valence-electron chi connectivity index (χ1n) is 10.3. The molecule has 148 valence electrons. The van der Waals surface area contributed by atoms with Crippen molar-refractivity contribution in [3.05, 3.63) is 65.5 Å². The molecular weight excluding hydrogens is 380 g/mol. The number of nitrogens with one attached hydrogen (secondary N) is 1. The highest BCUT2D eigenvalue weighted by molar-refractivity contribution is 8.00. The fourth-order valence-electron chi connectivity index (χ4n) is 3.82. The molecule has 1 saturated carbocycles. The summed E-state index contributed by atoms with van der Waals surface area (Å²) in [4.78, 5) is 17.5. The Hall–Kier alpha value is -2.60. The van der Waals surface area contributed by atoms with Crippen LogP contribution in [0.2, 0.25) is 0 Å². The Morgan fingerprint density at radius 3 is 2.72 bits per heavy atom. The van der Waals surface area contributed by atoms with Crippen molar-refractivity contribution in [2.24, 2.45) is 0 Å². The number of hydrogen-bond acceptors (Lipinski definition) is 4. The summed E-state index contributed by atoms with van der Waals surface area (Å²) in [6.45, 7) is 1.91. The van der Waals surface area contributed by atoms with Gasteiger partial charge in [-0.15, -0.1) is 5.10 Å². The first-order valence-corrected chi connectivity index (χ1v) is 11.2. The van der Waals surface area contributed by atoms with E-state index < -0.39 is 0 Å². The molecular formula is C23H24N4OS. The zero-order valence-electron chi connectivity index (χ0n) is 16.5. The predicted octanol–water partition coefficient (Wildman–Crippen LogP) is 4.75. The smallest absolute Gasteiger partial charge is 0.237 e. The second-order valence-electron chi connectivity index (χ2n) is 7.86. The van der Waals surface area contributed by atoms with Gasteiger partial charge in [0.2, 0.25) is 11.1 Å². The number of thioether (sulfide) groups is 1. The number of carbonyl (C=O) groups is 1. The minimum absolute atomic E-state index is 0.0167. The molecule has 2 aliphatic rings. The Labute approximate surface area is 174 Å². The highest BCUT2D eigenvalue weighted by atomic mass is 32.2. The van der Waals surface area contributed by atoms with Crippen LogP contribution in [-0.4, -0.2) is 25.9 Å². The number of amides is 1. The highest BCUT2D eigenvalue weighted by Gasteiger charge is 2.31. The van der Waals surface area contributed by atoms with Crippen molar-refractivity contribution in [2.45, 2.75) is 55.4 Å². The number of carbonyl (C=O) groups excluding carboxylic acids is 1. The monoisotopic (exact) mass is 404 g/mol. The van der Waals surface area contributed by atoms with E-state index in [1.807, 2.05) is 48.0 Å². The maximum absolute atomic E-state index is 12.7. The quantitative estimate of drug-likeness (QED) is 0.602. The van der Waals surface area contributed by atoms with Crippen LogP contribution in [0.1, 0.15) is 49.1 Å². The van der Waals surface area contributed by atoms with Crippen molar-refractivity contribution in [3.8, 4) is 5.69 Å². The third-order valence-electron chi connectivity index (χ3n) is 5.57. The minimum atomic E-state index is -0.276. The SMILES string of the molecule is CC(Sc1nc(C2CC2)n(-c2ccccc2)n1)C(=O)Nc1ccc2c(c1)CCC2. The topological polar surface area (TPSA) is 59.8 Å². The Balaban J connectivity index is 1.30. The van der Waals surface area contributed by atoms with Gasteiger partial charge >= 0.3 is 0 Å². The van der Waals surface area contributed by atoms with Crippen LogP contribution in [0.3, 0.4) is 0 Å². The Bertz CT molecular complexity index is 1040. The van der Waals surface area contributed by atoms with Crippen LogP contribution >= 0.6 is 11.8 Å². The molecule has 0 spiro atoms. The molecule has 3 aromatic rings. The average molecular weight is 405 g/mol. The Morgan fingerprint density at radius 2 is 1.93 bits per heavy atom. The number of aryl methyl sites for hydroxylation is 2.